The second kappa shape index (κ2) is 7.67. The number of aromatic nitrogens is 2. The summed E-state index contributed by atoms with van der Waals surface area (Å²) in [5, 5.41) is 4.90. The van der Waals surface area contributed by atoms with Crippen LogP contribution in [0.25, 0.3) is 0 Å². The summed E-state index contributed by atoms with van der Waals surface area (Å²) >= 11 is 1.73. The second-order valence-electron chi connectivity index (χ2n) is 4.57. The van der Waals surface area contributed by atoms with Crippen molar-refractivity contribution in [2.75, 3.05) is 6.54 Å². The van der Waals surface area contributed by atoms with Crippen LogP contribution in [-0.2, 0) is 0 Å². The van der Waals surface area contributed by atoms with Crippen LogP contribution in [0.1, 0.15) is 39.2 Å². The van der Waals surface area contributed by atoms with Gasteiger partial charge in [0.2, 0.25) is 0 Å². The summed E-state index contributed by atoms with van der Waals surface area (Å²) in [4.78, 5) is 8.61. The Kier molecular flexibility index (Phi) is 6.52. The quantitative estimate of drug-likeness (QED) is 0.599. The summed E-state index contributed by atoms with van der Waals surface area (Å²) in [5.74, 6) is 0. The number of hydrogen-bond acceptors (Lipinski definition) is 4. The molecule has 2 unspecified atom stereocenters. The van der Waals surface area contributed by atoms with E-state index in [1.54, 1.807) is 11.8 Å². The molecule has 0 fully saturated rings. The standard InChI is InChI=1S/C13H23N3S/c1-5-6-11(3)14-9-12(4)17-13-15-7-10(2)8-16-13/h7-8,11-12,14H,5-6,9H2,1-4H3. The molecule has 0 aliphatic rings. The first-order chi connectivity index (χ1) is 8.11. The van der Waals surface area contributed by atoms with Gasteiger partial charge in [0.15, 0.2) is 5.16 Å². The number of thioether (sulfide) groups is 1. The van der Waals surface area contributed by atoms with Gasteiger partial charge in [-0.25, -0.2) is 9.97 Å². The van der Waals surface area contributed by atoms with Crippen LogP contribution < -0.4 is 5.32 Å². The third kappa shape index (κ3) is 6.03. The van der Waals surface area contributed by atoms with E-state index in [-0.39, 0.29) is 0 Å². The van der Waals surface area contributed by atoms with Crippen molar-refractivity contribution in [3.05, 3.63) is 18.0 Å². The van der Waals surface area contributed by atoms with Crippen molar-refractivity contribution in [3.63, 3.8) is 0 Å². The van der Waals surface area contributed by atoms with Crippen molar-refractivity contribution >= 4 is 11.8 Å². The largest absolute Gasteiger partial charge is 0.313 e. The van der Waals surface area contributed by atoms with Gasteiger partial charge in [0, 0.05) is 30.2 Å². The first-order valence-corrected chi connectivity index (χ1v) is 7.18. The van der Waals surface area contributed by atoms with Gasteiger partial charge in [0.1, 0.15) is 0 Å². The van der Waals surface area contributed by atoms with E-state index < -0.39 is 0 Å². The molecule has 0 saturated carbocycles. The molecule has 1 N–H and O–H groups in total. The van der Waals surface area contributed by atoms with Crippen molar-refractivity contribution in [1.29, 1.82) is 0 Å². The van der Waals surface area contributed by atoms with E-state index in [0.717, 1.165) is 17.3 Å². The molecule has 1 aromatic rings. The van der Waals surface area contributed by atoms with E-state index in [1.807, 2.05) is 19.3 Å². The zero-order valence-electron chi connectivity index (χ0n) is 11.2. The molecule has 4 heteroatoms. The Labute approximate surface area is 109 Å². The molecule has 17 heavy (non-hydrogen) atoms. The Bertz CT molecular complexity index is 313. The van der Waals surface area contributed by atoms with Gasteiger partial charge in [-0.2, -0.15) is 0 Å². The van der Waals surface area contributed by atoms with Gasteiger partial charge in [-0.3, -0.25) is 0 Å². The van der Waals surface area contributed by atoms with Crippen LogP contribution in [0.3, 0.4) is 0 Å². The first-order valence-electron chi connectivity index (χ1n) is 6.30. The molecule has 1 rings (SSSR count). The monoisotopic (exact) mass is 253 g/mol. The minimum absolute atomic E-state index is 0.497. The predicted molar refractivity (Wildman–Crippen MR) is 74.5 cm³/mol. The summed E-state index contributed by atoms with van der Waals surface area (Å²) in [6.45, 7) is 9.67. The van der Waals surface area contributed by atoms with Crippen LogP contribution in [0, 0.1) is 6.92 Å². The van der Waals surface area contributed by atoms with Crippen molar-refractivity contribution in [1.82, 2.24) is 15.3 Å². The highest BCUT2D eigenvalue weighted by Gasteiger charge is 2.08. The Hall–Kier alpha value is -0.610. The van der Waals surface area contributed by atoms with Crippen molar-refractivity contribution < 1.29 is 0 Å². The smallest absolute Gasteiger partial charge is 0.187 e. The van der Waals surface area contributed by atoms with E-state index in [4.69, 9.17) is 0 Å². The lowest BCUT2D eigenvalue weighted by Gasteiger charge is -2.16. The van der Waals surface area contributed by atoms with E-state index in [9.17, 15) is 0 Å². The molecule has 0 bridgehead atoms. The maximum Gasteiger partial charge on any atom is 0.187 e. The minimum Gasteiger partial charge on any atom is -0.313 e. The predicted octanol–water partition coefficient (Wildman–Crippen LogP) is 3.04. The topological polar surface area (TPSA) is 37.8 Å². The molecule has 0 aliphatic carbocycles. The maximum absolute atomic E-state index is 4.31. The fourth-order valence-electron chi connectivity index (χ4n) is 1.57. The van der Waals surface area contributed by atoms with Crippen molar-refractivity contribution in [2.45, 2.75) is 57.0 Å². The summed E-state index contributed by atoms with van der Waals surface area (Å²) in [6, 6.07) is 0.599. The molecule has 0 saturated heterocycles. The molecule has 0 aromatic carbocycles. The van der Waals surface area contributed by atoms with Crippen molar-refractivity contribution in [2.24, 2.45) is 0 Å². The Balaban J connectivity index is 2.29. The van der Waals surface area contributed by atoms with Gasteiger partial charge in [-0.1, -0.05) is 32.0 Å². The molecule has 0 aliphatic heterocycles. The van der Waals surface area contributed by atoms with Crippen LogP contribution in [-0.4, -0.2) is 27.8 Å². The van der Waals surface area contributed by atoms with Crippen LogP contribution in [0.4, 0.5) is 0 Å². The zero-order valence-corrected chi connectivity index (χ0v) is 12.0. The average molecular weight is 253 g/mol. The zero-order chi connectivity index (χ0) is 12.7. The number of nitrogens with one attached hydrogen (secondary N) is 1. The molecule has 0 amide bonds. The molecular formula is C13H23N3S. The normalized spacial score (nSPS) is 14.6. The van der Waals surface area contributed by atoms with Gasteiger partial charge >= 0.3 is 0 Å². The van der Waals surface area contributed by atoms with Gasteiger partial charge in [-0.15, -0.1) is 0 Å². The SMILES string of the molecule is CCCC(C)NCC(C)Sc1ncc(C)cn1. The molecule has 1 heterocycles. The van der Waals surface area contributed by atoms with E-state index >= 15 is 0 Å². The molecule has 0 spiro atoms. The van der Waals surface area contributed by atoms with Crippen LogP contribution >= 0.6 is 11.8 Å². The van der Waals surface area contributed by atoms with Gasteiger partial charge in [0.05, 0.1) is 0 Å². The Morgan fingerprint density at radius 2 is 1.94 bits per heavy atom. The summed E-state index contributed by atoms with van der Waals surface area (Å²) < 4.78 is 0. The van der Waals surface area contributed by atoms with Crippen molar-refractivity contribution in [3.8, 4) is 0 Å². The van der Waals surface area contributed by atoms with E-state index in [0.29, 0.717) is 11.3 Å². The number of aryl methyl sites for hydroxylation is 1. The van der Waals surface area contributed by atoms with Crippen LogP contribution in [0.5, 0.6) is 0 Å². The minimum atomic E-state index is 0.497. The highest BCUT2D eigenvalue weighted by Crippen LogP contribution is 2.18. The van der Waals surface area contributed by atoms with Crippen LogP contribution in [0.2, 0.25) is 0 Å². The molecular weight excluding hydrogens is 230 g/mol. The summed E-state index contributed by atoms with van der Waals surface area (Å²) in [7, 11) is 0. The lowest BCUT2D eigenvalue weighted by molar-refractivity contribution is 0.511. The maximum atomic E-state index is 4.31. The molecule has 3 nitrogen and oxygen atoms in total. The molecule has 2 atom stereocenters. The summed E-state index contributed by atoms with van der Waals surface area (Å²) in [6.07, 6.45) is 6.21. The molecule has 0 radical (unpaired) electrons. The molecule has 1 aromatic heterocycles. The third-order valence-electron chi connectivity index (χ3n) is 2.54. The fourth-order valence-corrected chi connectivity index (χ4v) is 2.33. The lowest BCUT2D eigenvalue weighted by atomic mass is 10.2. The Morgan fingerprint density at radius 1 is 1.29 bits per heavy atom. The van der Waals surface area contributed by atoms with Gasteiger partial charge in [0.25, 0.3) is 0 Å². The summed E-state index contributed by atoms with van der Waals surface area (Å²) in [5.41, 5.74) is 1.11. The highest BCUT2D eigenvalue weighted by molar-refractivity contribution is 7.99. The number of nitrogens with zero attached hydrogens (tertiary/aromatic N) is 2. The molecule has 96 valence electrons. The van der Waals surface area contributed by atoms with E-state index in [2.05, 4.69) is 36.1 Å². The first kappa shape index (κ1) is 14.5. The Morgan fingerprint density at radius 3 is 2.53 bits per heavy atom. The highest BCUT2D eigenvalue weighted by atomic mass is 32.2. The second-order valence-corrected chi connectivity index (χ2v) is 5.98. The lowest BCUT2D eigenvalue weighted by Crippen LogP contribution is -2.31. The van der Waals surface area contributed by atoms with E-state index in [1.165, 1.54) is 12.8 Å². The third-order valence-corrected chi connectivity index (χ3v) is 3.53. The van der Waals surface area contributed by atoms with Gasteiger partial charge in [-0.05, 0) is 25.8 Å². The number of rotatable bonds is 7. The fraction of sp³-hybridized carbons (Fsp3) is 0.692. The average Bonchev–Trinajstić information content (AvgIpc) is 2.30. The number of hydrogen-bond donors (Lipinski definition) is 1. The van der Waals surface area contributed by atoms with Gasteiger partial charge < -0.3 is 5.32 Å². The van der Waals surface area contributed by atoms with Crippen LogP contribution in [0.15, 0.2) is 17.6 Å².